The SMILES string of the molecule is COC(=O)c1ccc(NC(=O)NCc2cc(C)on2)c(C)c1. The van der Waals surface area contributed by atoms with E-state index in [2.05, 4.69) is 20.5 Å². The summed E-state index contributed by atoms with van der Waals surface area (Å²) in [6.07, 6.45) is 0. The second kappa shape index (κ2) is 6.75. The molecular weight excluding hydrogens is 286 g/mol. The van der Waals surface area contributed by atoms with Crippen LogP contribution in [0.2, 0.25) is 0 Å². The first-order valence-electron chi connectivity index (χ1n) is 6.65. The molecule has 116 valence electrons. The second-order valence-corrected chi connectivity index (χ2v) is 4.76. The van der Waals surface area contributed by atoms with Crippen molar-refractivity contribution in [1.29, 1.82) is 0 Å². The Morgan fingerprint density at radius 2 is 2.05 bits per heavy atom. The molecule has 0 fully saturated rings. The van der Waals surface area contributed by atoms with Crippen LogP contribution < -0.4 is 10.6 Å². The van der Waals surface area contributed by atoms with Crippen LogP contribution in [0.25, 0.3) is 0 Å². The number of hydrogen-bond acceptors (Lipinski definition) is 5. The quantitative estimate of drug-likeness (QED) is 0.846. The summed E-state index contributed by atoms with van der Waals surface area (Å²) in [5, 5.41) is 9.17. The molecule has 2 rings (SSSR count). The minimum absolute atomic E-state index is 0.266. The fourth-order valence-corrected chi connectivity index (χ4v) is 1.89. The molecule has 7 heteroatoms. The molecule has 0 spiro atoms. The van der Waals surface area contributed by atoms with Crippen molar-refractivity contribution in [3.05, 3.63) is 46.8 Å². The minimum Gasteiger partial charge on any atom is -0.465 e. The number of carbonyl (C=O) groups is 2. The maximum absolute atomic E-state index is 11.8. The largest absolute Gasteiger partial charge is 0.465 e. The Kier molecular flexibility index (Phi) is 4.77. The van der Waals surface area contributed by atoms with Crippen LogP contribution in [0.1, 0.15) is 27.4 Å². The van der Waals surface area contributed by atoms with Crippen LogP contribution in [-0.4, -0.2) is 24.3 Å². The molecule has 0 radical (unpaired) electrons. The van der Waals surface area contributed by atoms with Crippen molar-refractivity contribution in [3.8, 4) is 0 Å². The Labute approximate surface area is 127 Å². The number of aromatic nitrogens is 1. The average Bonchev–Trinajstić information content (AvgIpc) is 2.92. The maximum Gasteiger partial charge on any atom is 0.337 e. The van der Waals surface area contributed by atoms with E-state index in [9.17, 15) is 9.59 Å². The van der Waals surface area contributed by atoms with Crippen molar-refractivity contribution in [1.82, 2.24) is 10.5 Å². The fourth-order valence-electron chi connectivity index (χ4n) is 1.89. The third-order valence-electron chi connectivity index (χ3n) is 3.00. The smallest absolute Gasteiger partial charge is 0.337 e. The molecule has 22 heavy (non-hydrogen) atoms. The lowest BCUT2D eigenvalue weighted by Crippen LogP contribution is -2.28. The summed E-state index contributed by atoms with van der Waals surface area (Å²) in [6, 6.07) is 6.28. The number of rotatable bonds is 4. The first kappa shape index (κ1) is 15.6. The van der Waals surface area contributed by atoms with Crippen LogP contribution in [0.15, 0.2) is 28.8 Å². The molecular formula is C15H17N3O4. The van der Waals surface area contributed by atoms with Crippen molar-refractivity contribution < 1.29 is 18.8 Å². The number of benzene rings is 1. The minimum atomic E-state index is -0.416. The summed E-state index contributed by atoms with van der Waals surface area (Å²) in [5.41, 5.74) is 2.45. The molecule has 0 saturated carbocycles. The Balaban J connectivity index is 1.95. The summed E-state index contributed by atoms with van der Waals surface area (Å²) in [5.74, 6) is 0.270. The zero-order valence-corrected chi connectivity index (χ0v) is 12.6. The number of amides is 2. The predicted octanol–water partition coefficient (Wildman–Crippen LogP) is 2.40. The van der Waals surface area contributed by atoms with E-state index in [1.165, 1.54) is 7.11 Å². The average molecular weight is 303 g/mol. The van der Waals surface area contributed by atoms with E-state index in [0.717, 1.165) is 5.56 Å². The number of ether oxygens (including phenoxy) is 1. The van der Waals surface area contributed by atoms with Gasteiger partial charge in [-0.3, -0.25) is 0 Å². The standard InChI is InChI=1S/C15H17N3O4/c1-9-6-11(14(19)21-3)4-5-13(9)17-15(20)16-8-12-7-10(2)22-18-12/h4-7H,8H2,1-3H3,(H2,16,17,20). The molecule has 2 amide bonds. The fraction of sp³-hybridized carbons (Fsp3) is 0.267. The Bertz CT molecular complexity index is 694. The first-order valence-corrected chi connectivity index (χ1v) is 6.65. The molecule has 0 aliphatic carbocycles. The zero-order chi connectivity index (χ0) is 16.1. The van der Waals surface area contributed by atoms with E-state index in [-0.39, 0.29) is 12.6 Å². The third-order valence-corrected chi connectivity index (χ3v) is 3.00. The van der Waals surface area contributed by atoms with Crippen molar-refractivity contribution in [2.75, 3.05) is 12.4 Å². The number of aryl methyl sites for hydroxylation is 2. The van der Waals surface area contributed by atoms with Gasteiger partial charge >= 0.3 is 12.0 Å². The lowest BCUT2D eigenvalue weighted by Gasteiger charge is -2.10. The number of urea groups is 1. The number of esters is 1. The van der Waals surface area contributed by atoms with Crippen LogP contribution in [0, 0.1) is 13.8 Å². The summed E-state index contributed by atoms with van der Waals surface area (Å²) in [6.45, 7) is 3.84. The van der Waals surface area contributed by atoms with Crippen LogP contribution in [0.4, 0.5) is 10.5 Å². The van der Waals surface area contributed by atoms with Crippen molar-refractivity contribution in [2.45, 2.75) is 20.4 Å². The highest BCUT2D eigenvalue weighted by Crippen LogP contribution is 2.17. The molecule has 0 unspecified atom stereocenters. The molecule has 0 bridgehead atoms. The zero-order valence-electron chi connectivity index (χ0n) is 12.6. The molecule has 0 aliphatic heterocycles. The van der Waals surface area contributed by atoms with Gasteiger partial charge in [0.15, 0.2) is 0 Å². The number of hydrogen-bond donors (Lipinski definition) is 2. The van der Waals surface area contributed by atoms with Gasteiger partial charge in [0.05, 0.1) is 19.2 Å². The number of nitrogens with one attached hydrogen (secondary N) is 2. The van der Waals surface area contributed by atoms with Gasteiger partial charge in [-0.15, -0.1) is 0 Å². The van der Waals surface area contributed by atoms with Crippen LogP contribution in [-0.2, 0) is 11.3 Å². The van der Waals surface area contributed by atoms with Crippen LogP contribution in [0.3, 0.4) is 0 Å². The van der Waals surface area contributed by atoms with Gasteiger partial charge in [0.1, 0.15) is 11.5 Å². The molecule has 1 aromatic heterocycles. The maximum atomic E-state index is 11.8. The lowest BCUT2D eigenvalue weighted by atomic mass is 10.1. The molecule has 2 N–H and O–H groups in total. The number of anilines is 1. The third kappa shape index (κ3) is 3.85. The van der Waals surface area contributed by atoms with Crippen molar-refractivity contribution in [2.24, 2.45) is 0 Å². The van der Waals surface area contributed by atoms with Gasteiger partial charge in [-0.05, 0) is 37.6 Å². The Morgan fingerprint density at radius 3 is 2.64 bits per heavy atom. The van der Waals surface area contributed by atoms with Gasteiger partial charge in [-0.2, -0.15) is 0 Å². The molecule has 2 aromatic rings. The van der Waals surface area contributed by atoms with Gasteiger partial charge in [0.2, 0.25) is 0 Å². The van der Waals surface area contributed by atoms with E-state index in [0.29, 0.717) is 22.7 Å². The highest BCUT2D eigenvalue weighted by Gasteiger charge is 2.10. The van der Waals surface area contributed by atoms with E-state index >= 15 is 0 Å². The van der Waals surface area contributed by atoms with Crippen molar-refractivity contribution in [3.63, 3.8) is 0 Å². The molecule has 0 saturated heterocycles. The highest BCUT2D eigenvalue weighted by atomic mass is 16.5. The number of nitrogens with zero attached hydrogens (tertiary/aromatic N) is 1. The molecule has 7 nitrogen and oxygen atoms in total. The van der Waals surface area contributed by atoms with Gasteiger partial charge in [-0.1, -0.05) is 5.16 Å². The number of methoxy groups -OCH3 is 1. The van der Waals surface area contributed by atoms with Gasteiger partial charge in [0, 0.05) is 11.8 Å². The predicted molar refractivity (Wildman–Crippen MR) is 79.6 cm³/mol. The summed E-state index contributed by atoms with van der Waals surface area (Å²) in [7, 11) is 1.32. The van der Waals surface area contributed by atoms with E-state index in [4.69, 9.17) is 4.52 Å². The van der Waals surface area contributed by atoms with E-state index in [1.54, 1.807) is 38.1 Å². The Morgan fingerprint density at radius 1 is 1.27 bits per heavy atom. The van der Waals surface area contributed by atoms with E-state index in [1.807, 2.05) is 0 Å². The Hall–Kier alpha value is -2.83. The summed E-state index contributed by atoms with van der Waals surface area (Å²) in [4.78, 5) is 23.3. The van der Waals surface area contributed by atoms with Gasteiger partial charge in [0.25, 0.3) is 0 Å². The monoisotopic (exact) mass is 303 g/mol. The van der Waals surface area contributed by atoms with Crippen molar-refractivity contribution >= 4 is 17.7 Å². The second-order valence-electron chi connectivity index (χ2n) is 4.76. The molecule has 1 aromatic carbocycles. The van der Waals surface area contributed by atoms with Gasteiger partial charge < -0.3 is 19.9 Å². The molecule has 0 atom stereocenters. The topological polar surface area (TPSA) is 93.5 Å². The molecule has 0 aliphatic rings. The summed E-state index contributed by atoms with van der Waals surface area (Å²) >= 11 is 0. The van der Waals surface area contributed by atoms with Crippen LogP contribution >= 0.6 is 0 Å². The highest BCUT2D eigenvalue weighted by molar-refractivity contribution is 5.93. The first-order chi connectivity index (χ1) is 10.5. The molecule has 1 heterocycles. The summed E-state index contributed by atoms with van der Waals surface area (Å²) < 4.78 is 9.56. The lowest BCUT2D eigenvalue weighted by molar-refractivity contribution is 0.0600. The number of carbonyl (C=O) groups excluding carboxylic acids is 2. The van der Waals surface area contributed by atoms with E-state index < -0.39 is 5.97 Å². The van der Waals surface area contributed by atoms with Gasteiger partial charge in [-0.25, -0.2) is 9.59 Å². The van der Waals surface area contributed by atoms with Crippen LogP contribution in [0.5, 0.6) is 0 Å². The normalized spacial score (nSPS) is 10.1.